The third kappa shape index (κ3) is 5.33. The molecule has 6 nitrogen and oxygen atoms in total. The zero-order chi connectivity index (χ0) is 20.9. The lowest BCUT2D eigenvalue weighted by molar-refractivity contribution is 0.0448. The van der Waals surface area contributed by atoms with E-state index in [4.69, 9.17) is 9.47 Å². The van der Waals surface area contributed by atoms with Gasteiger partial charge >= 0.3 is 5.97 Å². The van der Waals surface area contributed by atoms with Gasteiger partial charge in [0, 0.05) is 13.1 Å². The summed E-state index contributed by atoms with van der Waals surface area (Å²) in [5, 5.41) is 0. The summed E-state index contributed by atoms with van der Waals surface area (Å²) in [5.74, 6) is -0.666. The molecule has 1 aliphatic rings. The van der Waals surface area contributed by atoms with Gasteiger partial charge in [0.1, 0.15) is 13.2 Å². The van der Waals surface area contributed by atoms with Crippen LogP contribution < -0.4 is 4.74 Å². The lowest BCUT2D eigenvalue weighted by Crippen LogP contribution is -2.39. The maximum absolute atomic E-state index is 13.4. The van der Waals surface area contributed by atoms with Gasteiger partial charge in [-0.3, -0.25) is 0 Å². The van der Waals surface area contributed by atoms with Crippen LogP contribution in [-0.2, 0) is 14.8 Å². The van der Waals surface area contributed by atoms with Crippen LogP contribution >= 0.6 is 0 Å². The van der Waals surface area contributed by atoms with Crippen LogP contribution in [0.2, 0.25) is 0 Å². The van der Waals surface area contributed by atoms with Gasteiger partial charge in [-0.1, -0.05) is 19.1 Å². The Morgan fingerprint density at radius 1 is 1.14 bits per heavy atom. The van der Waals surface area contributed by atoms with Crippen molar-refractivity contribution in [2.75, 3.05) is 26.3 Å². The van der Waals surface area contributed by atoms with Crippen molar-refractivity contribution in [3.63, 3.8) is 0 Å². The molecule has 0 aromatic heterocycles. The summed E-state index contributed by atoms with van der Waals surface area (Å²) in [5.41, 5.74) is 0.238. The van der Waals surface area contributed by atoms with Crippen LogP contribution in [0.5, 0.6) is 5.75 Å². The zero-order valence-corrected chi connectivity index (χ0v) is 17.0. The highest BCUT2D eigenvalue weighted by Gasteiger charge is 2.28. The van der Waals surface area contributed by atoms with Crippen LogP contribution in [0, 0.1) is 11.7 Å². The topological polar surface area (TPSA) is 72.9 Å². The van der Waals surface area contributed by atoms with Crippen molar-refractivity contribution in [1.29, 1.82) is 0 Å². The van der Waals surface area contributed by atoms with Gasteiger partial charge in [-0.15, -0.1) is 0 Å². The minimum absolute atomic E-state index is 0.00623. The molecule has 2 aromatic rings. The van der Waals surface area contributed by atoms with Gasteiger partial charge in [0.05, 0.1) is 10.5 Å². The Kier molecular flexibility index (Phi) is 6.87. The monoisotopic (exact) mass is 421 g/mol. The first kappa shape index (κ1) is 21.3. The van der Waals surface area contributed by atoms with Crippen molar-refractivity contribution >= 4 is 16.0 Å². The highest BCUT2D eigenvalue weighted by atomic mass is 32.2. The van der Waals surface area contributed by atoms with Gasteiger partial charge in [-0.2, -0.15) is 4.31 Å². The van der Waals surface area contributed by atoms with E-state index in [2.05, 4.69) is 0 Å². The zero-order valence-electron chi connectivity index (χ0n) is 16.2. The minimum atomic E-state index is -3.57. The van der Waals surface area contributed by atoms with Crippen LogP contribution in [0.25, 0.3) is 0 Å². The number of rotatable bonds is 7. The number of nitrogens with zero attached hydrogens (tertiary/aromatic N) is 1. The summed E-state index contributed by atoms with van der Waals surface area (Å²) >= 11 is 0. The van der Waals surface area contributed by atoms with Crippen LogP contribution in [-0.4, -0.2) is 45.0 Å². The molecule has 0 saturated carbocycles. The number of carbonyl (C=O) groups excluding carboxylic acids is 1. The van der Waals surface area contributed by atoms with Crippen LogP contribution in [0.1, 0.15) is 30.1 Å². The standard InChI is InChI=1S/C21H24FNO5S/c1-16-5-4-12-23(15-16)29(25,26)18-10-8-17(9-11-18)21(24)28-14-13-27-20-7-3-2-6-19(20)22/h2-3,6-11,16H,4-5,12-15H2,1H3. The number of piperidine rings is 1. The van der Waals surface area contributed by atoms with Crippen molar-refractivity contribution in [1.82, 2.24) is 4.31 Å². The molecule has 0 bridgehead atoms. The quantitative estimate of drug-likeness (QED) is 0.506. The van der Waals surface area contributed by atoms with Gasteiger partial charge in [0.15, 0.2) is 11.6 Å². The van der Waals surface area contributed by atoms with Gasteiger partial charge in [-0.05, 0) is 55.2 Å². The Bertz CT molecular complexity index is 946. The van der Waals surface area contributed by atoms with Gasteiger partial charge in [0.25, 0.3) is 0 Å². The van der Waals surface area contributed by atoms with Gasteiger partial charge in [0.2, 0.25) is 10.0 Å². The van der Waals surface area contributed by atoms with E-state index in [9.17, 15) is 17.6 Å². The minimum Gasteiger partial charge on any atom is -0.487 e. The Morgan fingerprint density at radius 3 is 2.55 bits per heavy atom. The SMILES string of the molecule is CC1CCCN(S(=O)(=O)c2ccc(C(=O)OCCOc3ccccc3F)cc2)C1. The molecule has 0 spiro atoms. The molecule has 1 atom stereocenters. The second-order valence-corrected chi connectivity index (χ2v) is 8.99. The number of hydrogen-bond donors (Lipinski definition) is 0. The summed E-state index contributed by atoms with van der Waals surface area (Å²) in [6.45, 7) is 3.01. The fraction of sp³-hybridized carbons (Fsp3) is 0.381. The number of hydrogen-bond acceptors (Lipinski definition) is 5. The van der Waals surface area contributed by atoms with Crippen molar-refractivity contribution in [3.8, 4) is 5.75 Å². The van der Waals surface area contributed by atoms with Crippen molar-refractivity contribution < 1.29 is 27.1 Å². The van der Waals surface area contributed by atoms with Crippen molar-refractivity contribution in [3.05, 3.63) is 59.9 Å². The number of carbonyl (C=O) groups is 1. The fourth-order valence-electron chi connectivity index (χ4n) is 3.21. The molecule has 2 aromatic carbocycles. The second-order valence-electron chi connectivity index (χ2n) is 7.05. The van der Waals surface area contributed by atoms with E-state index in [0.29, 0.717) is 19.0 Å². The summed E-state index contributed by atoms with van der Waals surface area (Å²) in [7, 11) is -3.57. The Hall–Kier alpha value is -2.45. The number of para-hydroxylation sites is 1. The molecule has 8 heteroatoms. The summed E-state index contributed by atoms with van der Waals surface area (Å²) in [4.78, 5) is 12.3. The summed E-state index contributed by atoms with van der Waals surface area (Å²) in [6.07, 6.45) is 1.87. The lowest BCUT2D eigenvalue weighted by Gasteiger charge is -2.30. The Labute approximate surface area is 170 Å². The smallest absolute Gasteiger partial charge is 0.338 e. The third-order valence-corrected chi connectivity index (χ3v) is 6.64. The van der Waals surface area contributed by atoms with Crippen LogP contribution in [0.4, 0.5) is 4.39 Å². The molecule has 1 aliphatic heterocycles. The molecule has 1 fully saturated rings. The number of halogens is 1. The molecule has 0 radical (unpaired) electrons. The average molecular weight is 421 g/mol. The molecule has 0 N–H and O–H groups in total. The maximum Gasteiger partial charge on any atom is 0.338 e. The van der Waals surface area contributed by atoms with Gasteiger partial charge < -0.3 is 9.47 Å². The molecular weight excluding hydrogens is 397 g/mol. The number of ether oxygens (including phenoxy) is 2. The molecule has 29 heavy (non-hydrogen) atoms. The van der Waals surface area contributed by atoms with E-state index in [-0.39, 0.29) is 29.4 Å². The van der Waals surface area contributed by atoms with E-state index < -0.39 is 21.8 Å². The second kappa shape index (κ2) is 9.37. The summed E-state index contributed by atoms with van der Waals surface area (Å²) < 4.78 is 50.8. The Morgan fingerprint density at radius 2 is 1.86 bits per heavy atom. The highest BCUT2D eigenvalue weighted by molar-refractivity contribution is 7.89. The van der Waals surface area contributed by atoms with E-state index in [1.54, 1.807) is 12.1 Å². The largest absolute Gasteiger partial charge is 0.487 e. The molecular formula is C21H24FNO5S. The first-order chi connectivity index (χ1) is 13.9. The molecule has 1 saturated heterocycles. The van der Waals surface area contributed by atoms with Crippen LogP contribution in [0.15, 0.2) is 53.4 Å². The van der Waals surface area contributed by atoms with Crippen molar-refractivity contribution in [2.45, 2.75) is 24.7 Å². The third-order valence-electron chi connectivity index (χ3n) is 4.76. The average Bonchev–Trinajstić information content (AvgIpc) is 2.72. The molecule has 0 aliphatic carbocycles. The maximum atomic E-state index is 13.4. The van der Waals surface area contributed by atoms with E-state index in [1.165, 1.54) is 40.7 Å². The lowest BCUT2D eigenvalue weighted by atomic mass is 10.0. The summed E-state index contributed by atoms with van der Waals surface area (Å²) in [6, 6.07) is 11.7. The normalized spacial score (nSPS) is 17.7. The number of benzene rings is 2. The molecule has 156 valence electrons. The van der Waals surface area contributed by atoms with Crippen LogP contribution in [0.3, 0.4) is 0 Å². The van der Waals surface area contributed by atoms with E-state index in [1.807, 2.05) is 6.92 Å². The fourth-order valence-corrected chi connectivity index (χ4v) is 4.81. The van der Waals surface area contributed by atoms with E-state index >= 15 is 0 Å². The molecule has 3 rings (SSSR count). The predicted octanol–water partition coefficient (Wildman–Crippen LogP) is 3.48. The molecule has 0 amide bonds. The highest BCUT2D eigenvalue weighted by Crippen LogP contribution is 2.23. The van der Waals surface area contributed by atoms with E-state index in [0.717, 1.165) is 12.8 Å². The molecule has 1 heterocycles. The number of sulfonamides is 1. The predicted molar refractivity (Wildman–Crippen MR) is 106 cm³/mol. The number of esters is 1. The first-order valence-corrected chi connectivity index (χ1v) is 11.0. The molecule has 1 unspecified atom stereocenters. The van der Waals surface area contributed by atoms with Crippen molar-refractivity contribution in [2.24, 2.45) is 5.92 Å². The first-order valence-electron chi connectivity index (χ1n) is 9.52. The van der Waals surface area contributed by atoms with Gasteiger partial charge in [-0.25, -0.2) is 17.6 Å². The Balaban J connectivity index is 1.54.